The zero-order valence-electron chi connectivity index (χ0n) is 10.8. The van der Waals surface area contributed by atoms with Crippen molar-refractivity contribution in [2.45, 2.75) is 39.9 Å². The van der Waals surface area contributed by atoms with Gasteiger partial charge in [0.25, 0.3) is 0 Å². The van der Waals surface area contributed by atoms with Gasteiger partial charge in [-0.25, -0.2) is 0 Å². The largest absolute Gasteiger partial charge is 0.383 e. The van der Waals surface area contributed by atoms with Crippen LogP contribution >= 0.6 is 12.6 Å². The van der Waals surface area contributed by atoms with Crippen LogP contribution in [0, 0.1) is 5.41 Å². The number of hydrogen-bond acceptors (Lipinski definition) is 3. The number of amides is 1. The van der Waals surface area contributed by atoms with Crippen LogP contribution in [0.2, 0.25) is 0 Å². The van der Waals surface area contributed by atoms with E-state index in [1.54, 1.807) is 7.11 Å². The molecule has 0 heterocycles. The zero-order valence-corrected chi connectivity index (χ0v) is 11.6. The smallest absolute Gasteiger partial charge is 0.235 e. The summed E-state index contributed by atoms with van der Waals surface area (Å²) < 4.78 is 4.82. The average Bonchev–Trinajstić information content (AvgIpc) is 2.16. The second kappa shape index (κ2) is 9.04. The van der Waals surface area contributed by atoms with Crippen LogP contribution in [0.5, 0.6) is 0 Å². The monoisotopic (exact) mass is 237 g/mol. The minimum Gasteiger partial charge on any atom is -0.383 e. The minimum atomic E-state index is -0.368. The third kappa shape index (κ3) is 11.7. The average molecular weight is 237 g/mol. The molecule has 0 aromatic carbocycles. The molecular weight excluding hydrogens is 210 g/mol. The molecule has 0 aromatic heterocycles. The van der Waals surface area contributed by atoms with Crippen LogP contribution in [0.25, 0.3) is 0 Å². The Morgan fingerprint density at radius 3 is 2.27 bits per heavy atom. The van der Waals surface area contributed by atoms with Crippen LogP contribution in [0.1, 0.15) is 36.0 Å². The summed E-state index contributed by atoms with van der Waals surface area (Å²) in [5.74, 6) is -0.0693. The topological polar surface area (TPSA) is 38.3 Å². The molecule has 1 amide bonds. The van der Waals surface area contributed by atoms with Crippen molar-refractivity contribution in [2.24, 2.45) is 5.41 Å². The first-order valence-corrected chi connectivity index (χ1v) is 5.83. The van der Waals surface area contributed by atoms with Crippen LogP contribution in [-0.2, 0) is 9.53 Å². The minimum absolute atomic E-state index is 0. The highest BCUT2D eigenvalue weighted by atomic mass is 32.1. The van der Waals surface area contributed by atoms with Gasteiger partial charge in [-0.1, -0.05) is 34.6 Å². The Balaban J connectivity index is -0.000000529. The first-order valence-electron chi connectivity index (χ1n) is 5.31. The quantitative estimate of drug-likeness (QED) is 0.737. The zero-order chi connectivity index (χ0) is 12.5. The van der Waals surface area contributed by atoms with Gasteiger partial charge in [0.1, 0.15) is 5.25 Å². The van der Waals surface area contributed by atoms with Crippen molar-refractivity contribution in [1.29, 1.82) is 0 Å². The Morgan fingerprint density at radius 2 is 1.93 bits per heavy atom. The van der Waals surface area contributed by atoms with Gasteiger partial charge in [0.15, 0.2) is 0 Å². The first kappa shape index (κ1) is 17.2. The lowest BCUT2D eigenvalue weighted by molar-refractivity contribution is -0.121. The molecule has 0 fully saturated rings. The lowest BCUT2D eigenvalue weighted by Gasteiger charge is -2.20. The Bertz CT molecular complexity index is 172. The predicted octanol–water partition coefficient (Wildman–Crippen LogP) is 2.37. The van der Waals surface area contributed by atoms with E-state index in [4.69, 9.17) is 4.74 Å². The van der Waals surface area contributed by atoms with E-state index in [0.717, 1.165) is 0 Å². The number of rotatable bonds is 4. The van der Waals surface area contributed by atoms with E-state index in [0.29, 0.717) is 13.2 Å². The van der Waals surface area contributed by atoms with Crippen LogP contribution < -0.4 is 5.32 Å². The predicted molar refractivity (Wildman–Crippen MR) is 70.6 cm³/mol. The molecule has 1 N–H and O–H groups in total. The van der Waals surface area contributed by atoms with E-state index in [-0.39, 0.29) is 18.0 Å². The Kier molecular flexibility index (Phi) is 10.4. The van der Waals surface area contributed by atoms with Gasteiger partial charge < -0.3 is 10.1 Å². The second-order valence-electron chi connectivity index (χ2n) is 4.25. The summed E-state index contributed by atoms with van der Waals surface area (Å²) in [4.78, 5) is 11.3. The highest BCUT2D eigenvalue weighted by Gasteiger charge is 2.16. The number of nitrogens with one attached hydrogen (secondary N) is 1. The van der Waals surface area contributed by atoms with Crippen molar-refractivity contribution in [3.05, 3.63) is 0 Å². The van der Waals surface area contributed by atoms with Gasteiger partial charge in [-0.2, -0.15) is 12.6 Å². The third-order valence-corrected chi connectivity index (χ3v) is 1.80. The highest BCUT2D eigenvalue weighted by Crippen LogP contribution is 2.10. The van der Waals surface area contributed by atoms with Crippen LogP contribution in [0.4, 0.5) is 0 Å². The van der Waals surface area contributed by atoms with Gasteiger partial charge in [0.2, 0.25) is 5.91 Å². The Morgan fingerprint density at radius 1 is 1.47 bits per heavy atom. The van der Waals surface area contributed by atoms with E-state index in [2.05, 4.69) is 38.7 Å². The molecule has 0 unspecified atom stereocenters. The fraction of sp³-hybridized carbons (Fsp3) is 0.909. The van der Waals surface area contributed by atoms with Crippen molar-refractivity contribution in [1.82, 2.24) is 5.32 Å². The fourth-order valence-corrected chi connectivity index (χ4v) is 0.944. The van der Waals surface area contributed by atoms with E-state index < -0.39 is 0 Å². The standard InChI is InChI=1S/C9H19NO2S.C2H6.H2/c1-9(2,3)6-10-8(11)7(13)5-12-4;1-2;/h7,13H,5-6H2,1-4H3,(H,10,11);1-2H3;1H/t7-;;/m0../s1. The lowest BCUT2D eigenvalue weighted by Crippen LogP contribution is -2.38. The molecular formula is C11H27NO2S. The molecule has 0 aliphatic carbocycles. The van der Waals surface area contributed by atoms with E-state index in [9.17, 15) is 4.79 Å². The molecule has 0 rings (SSSR count). The van der Waals surface area contributed by atoms with Crippen molar-refractivity contribution >= 4 is 18.5 Å². The van der Waals surface area contributed by atoms with Gasteiger partial charge >= 0.3 is 0 Å². The molecule has 0 saturated carbocycles. The van der Waals surface area contributed by atoms with Gasteiger partial charge in [0, 0.05) is 15.1 Å². The van der Waals surface area contributed by atoms with E-state index in [1.165, 1.54) is 0 Å². The fourth-order valence-electron chi connectivity index (χ4n) is 0.704. The van der Waals surface area contributed by atoms with Crippen molar-refractivity contribution < 1.29 is 11.0 Å². The van der Waals surface area contributed by atoms with Crippen molar-refractivity contribution in [2.75, 3.05) is 20.3 Å². The Labute approximate surface area is 101 Å². The molecule has 4 heteroatoms. The van der Waals surface area contributed by atoms with Gasteiger partial charge in [-0.3, -0.25) is 4.79 Å². The van der Waals surface area contributed by atoms with Crippen molar-refractivity contribution in [3.8, 4) is 0 Å². The Hall–Kier alpha value is -0.220. The second-order valence-corrected chi connectivity index (χ2v) is 4.87. The molecule has 0 spiro atoms. The van der Waals surface area contributed by atoms with E-state index >= 15 is 0 Å². The molecule has 0 aliphatic rings. The maximum atomic E-state index is 11.3. The molecule has 3 nitrogen and oxygen atoms in total. The summed E-state index contributed by atoms with van der Waals surface area (Å²) >= 11 is 4.10. The maximum absolute atomic E-state index is 11.3. The molecule has 15 heavy (non-hydrogen) atoms. The van der Waals surface area contributed by atoms with Crippen LogP contribution in [0.3, 0.4) is 0 Å². The van der Waals surface area contributed by atoms with E-state index in [1.807, 2.05) is 13.8 Å². The summed E-state index contributed by atoms with van der Waals surface area (Å²) in [7, 11) is 1.56. The number of carbonyl (C=O) groups excluding carboxylic acids is 1. The summed E-state index contributed by atoms with van der Waals surface area (Å²) in [5, 5.41) is 2.44. The molecule has 0 radical (unpaired) electrons. The molecule has 0 bridgehead atoms. The number of thiol groups is 1. The third-order valence-electron chi connectivity index (χ3n) is 1.42. The molecule has 0 aromatic rings. The van der Waals surface area contributed by atoms with Gasteiger partial charge in [-0.05, 0) is 5.41 Å². The van der Waals surface area contributed by atoms with Gasteiger partial charge in [0.05, 0.1) is 6.61 Å². The summed E-state index contributed by atoms with van der Waals surface area (Å²) in [6.07, 6.45) is 0. The lowest BCUT2D eigenvalue weighted by atomic mass is 9.97. The SMILES string of the molecule is CC.COC[C@H](S)C(=O)NCC(C)(C)C.[HH]. The normalized spacial score (nSPS) is 12.5. The summed E-state index contributed by atoms with van der Waals surface area (Å²) in [6.45, 7) is 11.2. The van der Waals surface area contributed by atoms with Crippen LogP contribution in [0.15, 0.2) is 0 Å². The molecule has 0 saturated heterocycles. The van der Waals surface area contributed by atoms with Gasteiger partial charge in [-0.15, -0.1) is 0 Å². The summed E-state index contributed by atoms with van der Waals surface area (Å²) in [6, 6.07) is 0. The van der Waals surface area contributed by atoms with Crippen molar-refractivity contribution in [3.63, 3.8) is 0 Å². The van der Waals surface area contributed by atoms with Crippen LogP contribution in [-0.4, -0.2) is 31.4 Å². The molecule has 0 aliphatic heterocycles. The number of carbonyl (C=O) groups is 1. The molecule has 94 valence electrons. The highest BCUT2D eigenvalue weighted by molar-refractivity contribution is 7.81. The number of ether oxygens (including phenoxy) is 1. The first-order chi connectivity index (χ1) is 6.87. The summed E-state index contributed by atoms with van der Waals surface area (Å²) in [5.41, 5.74) is 0.107. The number of methoxy groups -OCH3 is 1. The molecule has 1 atom stereocenters. The number of hydrogen-bond donors (Lipinski definition) is 2. The maximum Gasteiger partial charge on any atom is 0.235 e.